The van der Waals surface area contributed by atoms with Gasteiger partial charge in [-0.1, -0.05) is 17.0 Å². The van der Waals surface area contributed by atoms with Gasteiger partial charge in [0.05, 0.1) is 12.1 Å². The summed E-state index contributed by atoms with van der Waals surface area (Å²) in [5.41, 5.74) is 5.58. The van der Waals surface area contributed by atoms with E-state index in [1.54, 1.807) is 13.0 Å². The number of nitrogens with zero attached hydrogens (tertiary/aromatic N) is 1. The first-order valence-corrected chi connectivity index (χ1v) is 5.83. The van der Waals surface area contributed by atoms with Gasteiger partial charge in [0.25, 0.3) is 5.91 Å². The minimum Gasteiger partial charge on any atom is -0.360 e. The topological polar surface area (TPSA) is 81.2 Å². The van der Waals surface area contributed by atoms with Crippen LogP contribution in [0, 0.1) is 24.6 Å². The monoisotopic (exact) mass is 273 g/mol. The van der Waals surface area contributed by atoms with E-state index in [9.17, 15) is 9.18 Å². The Labute approximate surface area is 114 Å². The number of rotatable bonds is 2. The lowest BCUT2D eigenvalue weighted by Crippen LogP contribution is -2.12. The summed E-state index contributed by atoms with van der Waals surface area (Å²) in [6.45, 7) is 1.85. The first-order valence-electron chi connectivity index (χ1n) is 5.83. The molecular formula is C14H12FN3O2. The molecule has 0 atom stereocenters. The van der Waals surface area contributed by atoms with Crippen LogP contribution in [0.25, 0.3) is 0 Å². The molecule has 20 heavy (non-hydrogen) atoms. The summed E-state index contributed by atoms with van der Waals surface area (Å²) in [6.07, 6.45) is 0. The Morgan fingerprint density at radius 2 is 2.30 bits per heavy atom. The first-order chi connectivity index (χ1) is 9.60. The number of aryl methyl sites for hydroxylation is 1. The normalized spacial score (nSPS) is 9.75. The number of nitrogens with two attached hydrogens (primary N) is 1. The third-order valence-electron chi connectivity index (χ3n) is 2.43. The van der Waals surface area contributed by atoms with Crippen molar-refractivity contribution in [2.45, 2.75) is 6.92 Å². The molecule has 5 nitrogen and oxygen atoms in total. The molecular weight excluding hydrogens is 261 g/mol. The molecule has 0 unspecified atom stereocenters. The van der Waals surface area contributed by atoms with E-state index in [2.05, 4.69) is 22.3 Å². The number of amides is 1. The Morgan fingerprint density at radius 3 is 2.90 bits per heavy atom. The summed E-state index contributed by atoms with van der Waals surface area (Å²) in [7, 11) is 0. The van der Waals surface area contributed by atoms with Crippen LogP contribution in [0.1, 0.15) is 21.7 Å². The molecule has 0 spiro atoms. The van der Waals surface area contributed by atoms with Crippen molar-refractivity contribution in [1.82, 2.24) is 5.16 Å². The molecule has 0 aliphatic heterocycles. The molecule has 0 aliphatic carbocycles. The Balaban J connectivity index is 2.16. The predicted molar refractivity (Wildman–Crippen MR) is 71.5 cm³/mol. The zero-order valence-corrected chi connectivity index (χ0v) is 10.7. The molecule has 0 bridgehead atoms. The fraction of sp³-hybridized carbons (Fsp3) is 0.143. The van der Waals surface area contributed by atoms with Crippen LogP contribution in [0.3, 0.4) is 0 Å². The minimum atomic E-state index is -0.574. The fourth-order valence-corrected chi connectivity index (χ4v) is 1.52. The van der Waals surface area contributed by atoms with Gasteiger partial charge in [-0.05, 0) is 25.1 Å². The third-order valence-corrected chi connectivity index (χ3v) is 2.43. The van der Waals surface area contributed by atoms with Crippen LogP contribution in [0.5, 0.6) is 0 Å². The van der Waals surface area contributed by atoms with Crippen LogP contribution in [0.2, 0.25) is 0 Å². The van der Waals surface area contributed by atoms with Crippen molar-refractivity contribution in [3.8, 4) is 11.8 Å². The van der Waals surface area contributed by atoms with Gasteiger partial charge in [0, 0.05) is 11.6 Å². The van der Waals surface area contributed by atoms with E-state index in [0.717, 1.165) is 6.07 Å². The summed E-state index contributed by atoms with van der Waals surface area (Å²) in [5.74, 6) is 4.93. The Hall–Kier alpha value is -2.65. The zero-order chi connectivity index (χ0) is 14.5. The maximum absolute atomic E-state index is 13.7. The molecule has 1 amide bonds. The molecule has 6 heteroatoms. The molecule has 0 fully saturated rings. The lowest BCUT2D eigenvalue weighted by molar-refractivity contribution is 0.102. The Bertz CT molecular complexity index is 698. The van der Waals surface area contributed by atoms with E-state index in [1.807, 2.05) is 0 Å². The molecule has 0 radical (unpaired) electrons. The van der Waals surface area contributed by atoms with Gasteiger partial charge in [-0.15, -0.1) is 0 Å². The minimum absolute atomic E-state index is 0.146. The number of halogens is 1. The van der Waals surface area contributed by atoms with E-state index in [1.165, 1.54) is 12.1 Å². The van der Waals surface area contributed by atoms with Gasteiger partial charge in [0.1, 0.15) is 11.6 Å². The number of aromatic nitrogens is 1. The summed E-state index contributed by atoms with van der Waals surface area (Å²) < 4.78 is 18.5. The molecule has 0 aliphatic rings. The number of anilines is 1. The molecule has 1 aromatic carbocycles. The quantitative estimate of drug-likeness (QED) is 0.816. The SMILES string of the molecule is Cc1cc(NC(=O)c2ccc(C#CCN)c(F)c2)no1. The maximum atomic E-state index is 13.7. The van der Waals surface area contributed by atoms with Gasteiger partial charge < -0.3 is 15.6 Å². The largest absolute Gasteiger partial charge is 0.360 e. The number of hydrogen-bond donors (Lipinski definition) is 2. The lowest BCUT2D eigenvalue weighted by atomic mass is 10.1. The smallest absolute Gasteiger partial charge is 0.257 e. The van der Waals surface area contributed by atoms with Crippen molar-refractivity contribution >= 4 is 11.7 Å². The summed E-state index contributed by atoms with van der Waals surface area (Å²) in [4.78, 5) is 11.9. The predicted octanol–water partition coefficient (Wildman–Crippen LogP) is 1.68. The van der Waals surface area contributed by atoms with Crippen molar-refractivity contribution in [3.05, 3.63) is 47.0 Å². The molecule has 1 aromatic heterocycles. The van der Waals surface area contributed by atoms with Crippen molar-refractivity contribution in [2.24, 2.45) is 5.73 Å². The summed E-state index contributed by atoms with van der Waals surface area (Å²) >= 11 is 0. The average Bonchev–Trinajstić information content (AvgIpc) is 2.82. The highest BCUT2D eigenvalue weighted by atomic mass is 19.1. The highest BCUT2D eigenvalue weighted by Gasteiger charge is 2.11. The van der Waals surface area contributed by atoms with Gasteiger partial charge >= 0.3 is 0 Å². The second-order valence-corrected chi connectivity index (χ2v) is 3.98. The van der Waals surface area contributed by atoms with Crippen LogP contribution in [-0.2, 0) is 0 Å². The Morgan fingerprint density at radius 1 is 1.50 bits per heavy atom. The van der Waals surface area contributed by atoms with E-state index >= 15 is 0 Å². The van der Waals surface area contributed by atoms with Gasteiger partial charge in [0.2, 0.25) is 0 Å². The van der Waals surface area contributed by atoms with E-state index in [-0.39, 0.29) is 23.5 Å². The molecule has 102 valence electrons. The second kappa shape index (κ2) is 5.99. The highest BCUT2D eigenvalue weighted by Crippen LogP contribution is 2.13. The van der Waals surface area contributed by atoms with Gasteiger partial charge in [-0.3, -0.25) is 4.79 Å². The van der Waals surface area contributed by atoms with Crippen molar-refractivity contribution in [2.75, 3.05) is 11.9 Å². The van der Waals surface area contributed by atoms with Crippen LogP contribution in [0.4, 0.5) is 10.2 Å². The maximum Gasteiger partial charge on any atom is 0.257 e. The fourth-order valence-electron chi connectivity index (χ4n) is 1.52. The van der Waals surface area contributed by atoms with Gasteiger partial charge in [-0.25, -0.2) is 4.39 Å². The first kappa shape index (κ1) is 13.8. The van der Waals surface area contributed by atoms with Crippen molar-refractivity contribution in [1.29, 1.82) is 0 Å². The average molecular weight is 273 g/mol. The Kier molecular flexibility index (Phi) is 4.13. The van der Waals surface area contributed by atoms with Crippen molar-refractivity contribution < 1.29 is 13.7 Å². The van der Waals surface area contributed by atoms with Crippen LogP contribution < -0.4 is 11.1 Å². The molecule has 0 saturated carbocycles. The summed E-state index contributed by atoms with van der Waals surface area (Å²) in [5, 5.41) is 6.13. The lowest BCUT2D eigenvalue weighted by Gasteiger charge is -2.02. The zero-order valence-electron chi connectivity index (χ0n) is 10.7. The van der Waals surface area contributed by atoms with Crippen LogP contribution in [-0.4, -0.2) is 17.6 Å². The number of nitrogens with one attached hydrogen (secondary N) is 1. The molecule has 2 aromatic rings. The molecule has 2 rings (SSSR count). The number of carbonyl (C=O) groups is 1. The number of carbonyl (C=O) groups excluding carboxylic acids is 1. The van der Waals surface area contributed by atoms with Crippen LogP contribution in [0.15, 0.2) is 28.8 Å². The molecule has 3 N–H and O–H groups in total. The van der Waals surface area contributed by atoms with Gasteiger partial charge in [0.15, 0.2) is 5.82 Å². The molecule has 0 saturated heterocycles. The van der Waals surface area contributed by atoms with Crippen molar-refractivity contribution in [3.63, 3.8) is 0 Å². The van der Waals surface area contributed by atoms with Crippen LogP contribution >= 0.6 is 0 Å². The number of hydrogen-bond acceptors (Lipinski definition) is 4. The van der Waals surface area contributed by atoms with E-state index in [0.29, 0.717) is 5.76 Å². The highest BCUT2D eigenvalue weighted by molar-refractivity contribution is 6.03. The van der Waals surface area contributed by atoms with Gasteiger partial charge in [-0.2, -0.15) is 0 Å². The summed E-state index contributed by atoms with van der Waals surface area (Å²) in [6, 6.07) is 5.59. The standard InChI is InChI=1S/C14H12FN3O2/c1-9-7-13(18-20-9)17-14(19)11-5-4-10(3-2-6-16)12(15)8-11/h4-5,7-8H,6,16H2,1H3,(H,17,18,19). The van der Waals surface area contributed by atoms with E-state index < -0.39 is 11.7 Å². The number of benzene rings is 1. The molecule has 1 heterocycles. The second-order valence-electron chi connectivity index (χ2n) is 3.98. The third kappa shape index (κ3) is 3.22. The van der Waals surface area contributed by atoms with E-state index in [4.69, 9.17) is 10.3 Å².